The molecular formula is C35H43F3N4O7S3. The second-order valence-electron chi connectivity index (χ2n) is 14.9. The third kappa shape index (κ3) is 9.28. The Hall–Kier alpha value is -4.09. The number of hydrogen-bond donors (Lipinski definition) is 2. The summed E-state index contributed by atoms with van der Waals surface area (Å²) in [7, 11) is -8.25. The predicted octanol–water partition coefficient (Wildman–Crippen LogP) is 7.81. The van der Waals surface area contributed by atoms with Crippen LogP contribution in [0, 0.1) is 0 Å². The summed E-state index contributed by atoms with van der Waals surface area (Å²) in [5.41, 5.74) is -0.775. The molecule has 52 heavy (non-hydrogen) atoms. The number of carbonyl (C=O) groups excluding carboxylic acids is 2. The van der Waals surface area contributed by atoms with Crippen molar-refractivity contribution < 1.29 is 44.1 Å². The lowest BCUT2D eigenvalue weighted by Crippen LogP contribution is -2.44. The SMILES string of the molecule is CC(C)(C)c1cc(NC(=O)C(C)(C)S(=O)(=O)c2cccc(C(F)(F)F)c2)no1.CC(C)(C)c1csc(NC(=O)C(C)(C)S(=O)(=O)c2ccccc2)n1. The van der Waals surface area contributed by atoms with Crippen molar-refractivity contribution in [2.45, 2.75) is 106 Å². The molecule has 0 bridgehead atoms. The van der Waals surface area contributed by atoms with Crippen molar-refractivity contribution in [2.24, 2.45) is 0 Å². The highest BCUT2D eigenvalue weighted by Crippen LogP contribution is 2.34. The summed E-state index contributed by atoms with van der Waals surface area (Å²) >= 11 is 1.29. The lowest BCUT2D eigenvalue weighted by atomic mass is 9.93. The van der Waals surface area contributed by atoms with E-state index in [0.717, 1.165) is 37.7 Å². The first-order chi connectivity index (χ1) is 23.5. The van der Waals surface area contributed by atoms with Crippen LogP contribution in [0.25, 0.3) is 0 Å². The Kier molecular flexibility index (Phi) is 12.0. The molecule has 2 heterocycles. The van der Waals surface area contributed by atoms with Gasteiger partial charge in [0, 0.05) is 22.3 Å². The molecule has 4 rings (SSSR count). The quantitative estimate of drug-likeness (QED) is 0.181. The number of benzene rings is 2. The number of carbonyl (C=O) groups is 2. The number of halogens is 3. The second kappa shape index (κ2) is 14.7. The van der Waals surface area contributed by atoms with Crippen LogP contribution in [0.1, 0.15) is 86.3 Å². The Morgan fingerprint density at radius 2 is 1.21 bits per heavy atom. The molecule has 0 saturated heterocycles. The van der Waals surface area contributed by atoms with E-state index in [1.54, 1.807) is 18.2 Å². The van der Waals surface area contributed by atoms with Crippen LogP contribution >= 0.6 is 11.3 Å². The highest BCUT2D eigenvalue weighted by atomic mass is 32.2. The second-order valence-corrected chi connectivity index (χ2v) is 20.7. The lowest BCUT2D eigenvalue weighted by Gasteiger charge is -2.23. The Balaban J connectivity index is 0.000000284. The standard InChI is InChI=1S/C18H21F3N2O4S.C17H22N2O3S2/c1-16(2,3)13-10-14(23-27-13)22-15(24)17(4,5)28(25,26)12-8-6-7-11(9-12)18(19,20)21;1-16(2,3)13-11-23-15(18-13)19-14(20)17(4,5)24(21,22)12-9-7-6-8-10-12/h6-10H,1-5H3,(H,22,23,24);6-11H,1-5H3,(H,18,19,20). The summed E-state index contributed by atoms with van der Waals surface area (Å²) in [5, 5.41) is 11.0. The zero-order valence-corrected chi connectivity index (χ0v) is 32.9. The van der Waals surface area contributed by atoms with Crippen LogP contribution in [-0.2, 0) is 46.3 Å². The topological polar surface area (TPSA) is 165 Å². The minimum Gasteiger partial charge on any atom is -0.359 e. The number of nitrogens with one attached hydrogen (secondary N) is 2. The van der Waals surface area contributed by atoms with Crippen LogP contribution < -0.4 is 10.6 Å². The van der Waals surface area contributed by atoms with E-state index in [9.17, 15) is 39.6 Å². The molecule has 0 fully saturated rings. The Morgan fingerprint density at radius 3 is 1.69 bits per heavy atom. The molecule has 0 atom stereocenters. The molecule has 17 heteroatoms. The minimum atomic E-state index is -4.71. The molecule has 0 aliphatic heterocycles. The zero-order chi connectivity index (χ0) is 39.7. The summed E-state index contributed by atoms with van der Waals surface area (Å²) in [4.78, 5) is 29.1. The summed E-state index contributed by atoms with van der Waals surface area (Å²) in [6.07, 6.45) is -4.71. The van der Waals surface area contributed by atoms with Gasteiger partial charge in [0.1, 0.15) is 15.3 Å². The monoisotopic (exact) mass is 784 g/mol. The smallest absolute Gasteiger partial charge is 0.359 e. The van der Waals surface area contributed by atoms with E-state index >= 15 is 0 Å². The fourth-order valence-electron chi connectivity index (χ4n) is 4.15. The van der Waals surface area contributed by atoms with Crippen LogP contribution in [0.2, 0.25) is 0 Å². The van der Waals surface area contributed by atoms with Gasteiger partial charge in [-0.1, -0.05) is 71.0 Å². The number of nitrogens with zero attached hydrogens (tertiary/aromatic N) is 2. The molecule has 0 radical (unpaired) electrons. The first-order valence-corrected chi connectivity index (χ1v) is 19.6. The highest BCUT2D eigenvalue weighted by molar-refractivity contribution is 7.94. The molecule has 0 spiro atoms. The van der Waals surface area contributed by atoms with Crippen molar-refractivity contribution >= 4 is 53.8 Å². The molecule has 284 valence electrons. The number of rotatable bonds is 8. The van der Waals surface area contributed by atoms with Crippen LogP contribution in [0.4, 0.5) is 24.1 Å². The van der Waals surface area contributed by atoms with E-state index in [1.807, 2.05) is 46.9 Å². The van der Waals surface area contributed by atoms with Crippen LogP contribution in [0.15, 0.2) is 80.4 Å². The van der Waals surface area contributed by atoms with Gasteiger partial charge < -0.3 is 15.2 Å². The Morgan fingerprint density at radius 1 is 0.692 bits per heavy atom. The summed E-state index contributed by atoms with van der Waals surface area (Å²) in [6.45, 7) is 16.7. The van der Waals surface area contributed by atoms with Gasteiger partial charge in [-0.05, 0) is 58.0 Å². The van der Waals surface area contributed by atoms with E-state index < -0.39 is 57.6 Å². The zero-order valence-electron chi connectivity index (χ0n) is 30.5. The molecule has 0 unspecified atom stereocenters. The average Bonchev–Trinajstić information content (AvgIpc) is 3.71. The van der Waals surface area contributed by atoms with Crippen molar-refractivity contribution in [2.75, 3.05) is 10.6 Å². The minimum absolute atomic E-state index is 0.0160. The van der Waals surface area contributed by atoms with E-state index in [1.165, 1.54) is 43.4 Å². The number of sulfone groups is 2. The number of anilines is 2. The molecule has 2 aromatic heterocycles. The van der Waals surface area contributed by atoms with Crippen molar-refractivity contribution in [1.82, 2.24) is 10.1 Å². The average molecular weight is 785 g/mol. The summed E-state index contributed by atoms with van der Waals surface area (Å²) in [6, 6.07) is 12.7. The van der Waals surface area contributed by atoms with Crippen molar-refractivity contribution in [3.8, 4) is 0 Å². The number of thiazole rings is 1. The number of hydrogen-bond acceptors (Lipinski definition) is 10. The van der Waals surface area contributed by atoms with Gasteiger partial charge >= 0.3 is 6.18 Å². The molecule has 4 aromatic rings. The molecular weight excluding hydrogens is 742 g/mol. The maximum Gasteiger partial charge on any atom is 0.416 e. The molecule has 0 aliphatic carbocycles. The third-order valence-corrected chi connectivity index (χ3v) is 13.5. The molecule has 2 aromatic carbocycles. The number of amides is 2. The van der Waals surface area contributed by atoms with Crippen molar-refractivity contribution in [3.05, 3.63) is 83.1 Å². The molecule has 0 saturated carbocycles. The van der Waals surface area contributed by atoms with E-state index in [0.29, 0.717) is 17.0 Å². The molecule has 2 N–H and O–H groups in total. The van der Waals surface area contributed by atoms with Gasteiger partial charge in [-0.3, -0.25) is 9.59 Å². The number of alkyl halides is 3. The normalized spacial score (nSPS) is 13.2. The van der Waals surface area contributed by atoms with Gasteiger partial charge in [-0.2, -0.15) is 13.2 Å². The van der Waals surface area contributed by atoms with Gasteiger partial charge in [0.15, 0.2) is 30.6 Å². The highest BCUT2D eigenvalue weighted by Gasteiger charge is 2.45. The third-order valence-electron chi connectivity index (χ3n) is 7.95. The molecule has 0 aliphatic rings. The summed E-state index contributed by atoms with van der Waals surface area (Å²) in [5.74, 6) is -1.05. The fourth-order valence-corrected chi connectivity index (χ4v) is 7.91. The summed E-state index contributed by atoms with van der Waals surface area (Å²) < 4.78 is 91.4. The molecule has 2 amide bonds. The van der Waals surface area contributed by atoms with Crippen LogP contribution in [0.5, 0.6) is 0 Å². The maximum atomic E-state index is 12.9. The van der Waals surface area contributed by atoms with Crippen molar-refractivity contribution in [3.63, 3.8) is 0 Å². The first-order valence-electron chi connectivity index (χ1n) is 15.8. The van der Waals surface area contributed by atoms with Crippen LogP contribution in [-0.4, -0.2) is 48.3 Å². The van der Waals surface area contributed by atoms with Crippen molar-refractivity contribution in [1.29, 1.82) is 0 Å². The predicted molar refractivity (Wildman–Crippen MR) is 194 cm³/mol. The fraction of sp³-hybridized carbons (Fsp3) is 0.429. The van der Waals surface area contributed by atoms with E-state index in [4.69, 9.17) is 4.52 Å². The Labute approximate surface area is 306 Å². The van der Waals surface area contributed by atoms with Gasteiger partial charge in [0.25, 0.3) is 0 Å². The number of aromatic nitrogens is 2. The lowest BCUT2D eigenvalue weighted by molar-refractivity contribution is -0.137. The molecule has 11 nitrogen and oxygen atoms in total. The largest absolute Gasteiger partial charge is 0.416 e. The van der Waals surface area contributed by atoms with Gasteiger partial charge in [-0.15, -0.1) is 11.3 Å². The van der Waals surface area contributed by atoms with E-state index in [2.05, 4.69) is 20.8 Å². The van der Waals surface area contributed by atoms with Crippen LogP contribution in [0.3, 0.4) is 0 Å². The first kappa shape index (κ1) is 42.3. The van der Waals surface area contributed by atoms with Gasteiger partial charge in [0.05, 0.1) is 21.0 Å². The maximum absolute atomic E-state index is 12.9. The van der Waals surface area contributed by atoms with Gasteiger partial charge in [-0.25, -0.2) is 21.8 Å². The Bertz CT molecular complexity index is 2130. The van der Waals surface area contributed by atoms with Gasteiger partial charge in [0.2, 0.25) is 11.8 Å². The van der Waals surface area contributed by atoms with E-state index in [-0.39, 0.29) is 21.5 Å².